The Balaban J connectivity index is 1.62. The summed E-state index contributed by atoms with van der Waals surface area (Å²) in [4.78, 5) is 30.3. The van der Waals surface area contributed by atoms with Crippen LogP contribution in [0.2, 0.25) is 0 Å². The van der Waals surface area contributed by atoms with Gasteiger partial charge in [0, 0.05) is 13.3 Å². The first-order chi connectivity index (χ1) is 13.0. The predicted octanol–water partition coefficient (Wildman–Crippen LogP) is 2.23. The molecule has 9 nitrogen and oxygen atoms in total. The van der Waals surface area contributed by atoms with Gasteiger partial charge in [-0.25, -0.2) is 4.79 Å². The molecule has 0 saturated heterocycles. The molecule has 146 valence electrons. The van der Waals surface area contributed by atoms with Gasteiger partial charge in [0.2, 0.25) is 5.89 Å². The monoisotopic (exact) mass is 376 g/mol. The maximum Gasteiger partial charge on any atom is 0.440 e. The second kappa shape index (κ2) is 10.9. The summed E-state index contributed by atoms with van der Waals surface area (Å²) in [6, 6.07) is 9.72. The van der Waals surface area contributed by atoms with Crippen LogP contribution < -0.4 is 11.2 Å². The smallest absolute Gasteiger partial charge is 0.440 e. The average Bonchev–Trinajstić information content (AvgIpc) is 3.14. The molecule has 0 spiro atoms. The lowest BCUT2D eigenvalue weighted by molar-refractivity contribution is -0.147. The fraction of sp³-hybridized carbons (Fsp3) is 0.444. The Hall–Kier alpha value is -2.94. The molecule has 27 heavy (non-hydrogen) atoms. The first-order valence-electron chi connectivity index (χ1n) is 8.76. The van der Waals surface area contributed by atoms with Crippen LogP contribution in [0.1, 0.15) is 49.5 Å². The van der Waals surface area contributed by atoms with E-state index in [0.29, 0.717) is 37.4 Å². The van der Waals surface area contributed by atoms with Crippen LogP contribution >= 0.6 is 0 Å². The van der Waals surface area contributed by atoms with Crippen molar-refractivity contribution in [2.45, 2.75) is 45.1 Å². The SMILES string of the molecule is CC(=O)ONC(=O)OCCCCC(N)c1nc(CCc2ccccc2)no1. The number of amides is 1. The zero-order chi connectivity index (χ0) is 19.5. The number of benzene rings is 1. The predicted molar refractivity (Wildman–Crippen MR) is 95.2 cm³/mol. The van der Waals surface area contributed by atoms with Crippen LogP contribution in [-0.2, 0) is 27.2 Å². The summed E-state index contributed by atoms with van der Waals surface area (Å²) >= 11 is 0. The molecular weight excluding hydrogens is 352 g/mol. The number of hydroxylamine groups is 1. The highest BCUT2D eigenvalue weighted by Crippen LogP contribution is 2.15. The van der Waals surface area contributed by atoms with Crippen molar-refractivity contribution >= 4 is 12.1 Å². The normalized spacial score (nSPS) is 11.6. The van der Waals surface area contributed by atoms with Crippen LogP contribution in [0, 0.1) is 0 Å². The lowest BCUT2D eigenvalue weighted by Gasteiger charge is -2.07. The molecule has 1 atom stereocenters. The van der Waals surface area contributed by atoms with Crippen molar-refractivity contribution in [1.82, 2.24) is 15.6 Å². The average molecular weight is 376 g/mol. The quantitative estimate of drug-likeness (QED) is 0.503. The Morgan fingerprint density at radius 1 is 1.22 bits per heavy atom. The molecule has 0 fully saturated rings. The van der Waals surface area contributed by atoms with Crippen LogP contribution in [0.3, 0.4) is 0 Å². The number of carbonyl (C=O) groups excluding carboxylic acids is 2. The summed E-state index contributed by atoms with van der Waals surface area (Å²) in [6.45, 7) is 1.36. The Morgan fingerprint density at radius 3 is 2.74 bits per heavy atom. The summed E-state index contributed by atoms with van der Waals surface area (Å²) in [5.41, 5.74) is 9.14. The van der Waals surface area contributed by atoms with Crippen LogP contribution in [0.4, 0.5) is 4.79 Å². The van der Waals surface area contributed by atoms with Crippen molar-refractivity contribution in [3.8, 4) is 0 Å². The lowest BCUT2D eigenvalue weighted by atomic mass is 10.1. The molecule has 0 aliphatic heterocycles. The summed E-state index contributed by atoms with van der Waals surface area (Å²) < 4.78 is 10.1. The van der Waals surface area contributed by atoms with Crippen molar-refractivity contribution in [2.24, 2.45) is 5.73 Å². The minimum atomic E-state index is -0.811. The number of aryl methyl sites for hydroxylation is 2. The molecule has 0 aliphatic rings. The minimum absolute atomic E-state index is 0.186. The highest BCUT2D eigenvalue weighted by Gasteiger charge is 2.14. The van der Waals surface area contributed by atoms with E-state index in [4.69, 9.17) is 15.0 Å². The van der Waals surface area contributed by atoms with Gasteiger partial charge >= 0.3 is 12.1 Å². The first kappa shape index (κ1) is 20.4. The van der Waals surface area contributed by atoms with E-state index >= 15 is 0 Å². The van der Waals surface area contributed by atoms with E-state index in [1.807, 2.05) is 23.7 Å². The number of carbonyl (C=O) groups is 2. The van der Waals surface area contributed by atoms with Crippen LogP contribution in [0.15, 0.2) is 34.9 Å². The summed E-state index contributed by atoms with van der Waals surface area (Å²) in [5.74, 6) is 0.418. The van der Waals surface area contributed by atoms with Gasteiger partial charge in [-0.15, -0.1) is 5.48 Å². The van der Waals surface area contributed by atoms with Crippen LogP contribution in [0.25, 0.3) is 0 Å². The molecule has 1 unspecified atom stereocenters. The van der Waals surface area contributed by atoms with E-state index in [0.717, 1.165) is 6.42 Å². The molecule has 0 bridgehead atoms. The van der Waals surface area contributed by atoms with E-state index in [1.165, 1.54) is 12.5 Å². The fourth-order valence-corrected chi connectivity index (χ4v) is 2.32. The molecule has 1 heterocycles. The highest BCUT2D eigenvalue weighted by atomic mass is 16.7. The number of rotatable bonds is 9. The Labute approximate surface area is 157 Å². The van der Waals surface area contributed by atoms with Crippen molar-refractivity contribution in [3.63, 3.8) is 0 Å². The number of unbranched alkanes of at least 4 members (excludes halogenated alkanes) is 1. The second-order valence-electron chi connectivity index (χ2n) is 5.97. The third kappa shape index (κ3) is 7.87. The molecule has 0 saturated carbocycles. The van der Waals surface area contributed by atoms with E-state index in [2.05, 4.69) is 27.1 Å². The molecule has 2 aromatic rings. The zero-order valence-electron chi connectivity index (χ0n) is 15.2. The molecule has 0 aliphatic carbocycles. The number of nitrogens with one attached hydrogen (secondary N) is 1. The number of nitrogens with two attached hydrogens (primary N) is 1. The fourth-order valence-electron chi connectivity index (χ4n) is 2.32. The summed E-state index contributed by atoms with van der Waals surface area (Å²) in [7, 11) is 0. The number of ether oxygens (including phenoxy) is 1. The van der Waals surface area contributed by atoms with E-state index in [-0.39, 0.29) is 12.6 Å². The third-order valence-electron chi connectivity index (χ3n) is 3.70. The van der Waals surface area contributed by atoms with Gasteiger partial charge in [0.05, 0.1) is 12.6 Å². The van der Waals surface area contributed by atoms with Gasteiger partial charge in [-0.05, 0) is 31.2 Å². The molecule has 1 amide bonds. The number of hydrogen-bond donors (Lipinski definition) is 2. The Morgan fingerprint density at radius 2 is 2.00 bits per heavy atom. The van der Waals surface area contributed by atoms with Gasteiger partial charge in [0.25, 0.3) is 0 Å². The van der Waals surface area contributed by atoms with Gasteiger partial charge in [-0.2, -0.15) is 4.98 Å². The number of nitrogens with zero attached hydrogens (tertiary/aromatic N) is 2. The molecule has 1 aromatic carbocycles. The minimum Gasteiger partial charge on any atom is -0.447 e. The zero-order valence-corrected chi connectivity index (χ0v) is 15.2. The summed E-state index contributed by atoms with van der Waals surface area (Å²) in [5, 5.41) is 3.97. The van der Waals surface area contributed by atoms with E-state index in [1.54, 1.807) is 0 Å². The topological polar surface area (TPSA) is 130 Å². The second-order valence-corrected chi connectivity index (χ2v) is 5.97. The lowest BCUT2D eigenvalue weighted by Crippen LogP contribution is -2.26. The number of aromatic nitrogens is 2. The van der Waals surface area contributed by atoms with Crippen LogP contribution in [-0.4, -0.2) is 28.8 Å². The van der Waals surface area contributed by atoms with E-state index < -0.39 is 12.1 Å². The molecule has 3 N–H and O–H groups in total. The van der Waals surface area contributed by atoms with Gasteiger partial charge in [0.15, 0.2) is 5.82 Å². The Bertz CT molecular complexity index is 720. The molecule has 0 radical (unpaired) electrons. The third-order valence-corrected chi connectivity index (χ3v) is 3.70. The van der Waals surface area contributed by atoms with Gasteiger partial charge in [0.1, 0.15) is 0 Å². The van der Waals surface area contributed by atoms with Crippen molar-refractivity contribution in [3.05, 3.63) is 47.6 Å². The molecule has 1 aromatic heterocycles. The van der Waals surface area contributed by atoms with Gasteiger partial charge < -0.3 is 19.8 Å². The maximum atomic E-state index is 11.2. The maximum absolute atomic E-state index is 11.2. The van der Waals surface area contributed by atoms with Crippen molar-refractivity contribution in [1.29, 1.82) is 0 Å². The van der Waals surface area contributed by atoms with Gasteiger partial charge in [-0.3, -0.25) is 4.79 Å². The Kier molecular flexibility index (Phi) is 8.24. The summed E-state index contributed by atoms with van der Waals surface area (Å²) in [6.07, 6.45) is 2.65. The number of hydrogen-bond acceptors (Lipinski definition) is 8. The molecular formula is C18H24N4O5. The largest absolute Gasteiger partial charge is 0.447 e. The van der Waals surface area contributed by atoms with Gasteiger partial charge in [-0.1, -0.05) is 35.5 Å². The molecule has 2 rings (SSSR count). The molecule has 9 heteroatoms. The van der Waals surface area contributed by atoms with Crippen molar-refractivity contribution in [2.75, 3.05) is 6.61 Å². The highest BCUT2D eigenvalue weighted by molar-refractivity contribution is 5.71. The standard InChI is InChI=1S/C18H24N4O5/c1-13(23)26-22-18(24)25-12-6-5-9-15(19)17-20-16(21-27-17)11-10-14-7-3-2-4-8-14/h2-4,7-8,15H,5-6,9-12,19H2,1H3,(H,22,24). The van der Waals surface area contributed by atoms with Crippen molar-refractivity contribution < 1.29 is 23.7 Å². The van der Waals surface area contributed by atoms with Crippen LogP contribution in [0.5, 0.6) is 0 Å². The van der Waals surface area contributed by atoms with E-state index in [9.17, 15) is 9.59 Å². The first-order valence-corrected chi connectivity index (χ1v) is 8.76.